The van der Waals surface area contributed by atoms with Crippen molar-refractivity contribution in [3.05, 3.63) is 29.6 Å². The molecule has 0 radical (unpaired) electrons. The van der Waals surface area contributed by atoms with E-state index in [2.05, 4.69) is 0 Å². The van der Waals surface area contributed by atoms with E-state index < -0.39 is 15.8 Å². The molecule has 1 saturated carbocycles. The summed E-state index contributed by atoms with van der Waals surface area (Å²) >= 11 is 5.71. The number of benzene rings is 1. The second-order valence-electron chi connectivity index (χ2n) is 4.61. The fourth-order valence-electron chi connectivity index (χ4n) is 1.81. The molecule has 2 rings (SSSR count). The molecule has 0 unspecified atom stereocenters. The van der Waals surface area contributed by atoms with E-state index in [0.29, 0.717) is 18.0 Å². The molecule has 1 aliphatic carbocycles. The first-order valence-corrected chi connectivity index (χ1v) is 7.73. The van der Waals surface area contributed by atoms with Crippen molar-refractivity contribution in [1.82, 2.24) is 4.31 Å². The lowest BCUT2D eigenvalue weighted by Gasteiger charge is -2.18. The maximum Gasteiger partial charge on any atom is 0.243 e. The van der Waals surface area contributed by atoms with Gasteiger partial charge in [-0.15, -0.1) is 11.6 Å². The van der Waals surface area contributed by atoms with Crippen molar-refractivity contribution in [1.29, 1.82) is 0 Å². The van der Waals surface area contributed by atoms with Gasteiger partial charge >= 0.3 is 0 Å². The highest BCUT2D eigenvalue weighted by Crippen LogP contribution is 2.31. The SMILES string of the molecule is CN(CC1CC1)S(=O)(=O)c1cc(F)ccc1CCl. The number of rotatable bonds is 5. The Balaban J connectivity index is 2.35. The van der Waals surface area contributed by atoms with Crippen molar-refractivity contribution in [3.63, 3.8) is 0 Å². The quantitative estimate of drug-likeness (QED) is 0.782. The summed E-state index contributed by atoms with van der Waals surface area (Å²) < 4.78 is 39.2. The fraction of sp³-hybridized carbons (Fsp3) is 0.500. The molecule has 0 atom stereocenters. The lowest BCUT2D eigenvalue weighted by atomic mass is 10.2. The number of sulfonamides is 1. The summed E-state index contributed by atoms with van der Waals surface area (Å²) in [6, 6.07) is 3.67. The van der Waals surface area contributed by atoms with Crippen molar-refractivity contribution in [2.24, 2.45) is 5.92 Å². The third-order valence-electron chi connectivity index (χ3n) is 3.07. The van der Waals surface area contributed by atoms with Gasteiger partial charge in [0.15, 0.2) is 0 Å². The Labute approximate surface area is 112 Å². The molecule has 0 N–H and O–H groups in total. The molecule has 1 aromatic carbocycles. The third-order valence-corrected chi connectivity index (χ3v) is 5.27. The molecular formula is C12H15ClFNO2S. The van der Waals surface area contributed by atoms with E-state index in [1.165, 1.54) is 23.5 Å². The van der Waals surface area contributed by atoms with Gasteiger partial charge in [0.05, 0.1) is 4.90 Å². The molecule has 0 spiro atoms. The molecule has 18 heavy (non-hydrogen) atoms. The molecule has 1 aromatic rings. The molecule has 0 amide bonds. The summed E-state index contributed by atoms with van der Waals surface area (Å²) in [6.07, 6.45) is 2.12. The number of alkyl halides is 1. The van der Waals surface area contributed by atoms with Crippen LogP contribution in [0.2, 0.25) is 0 Å². The lowest BCUT2D eigenvalue weighted by Crippen LogP contribution is -2.29. The minimum absolute atomic E-state index is 0.0272. The van der Waals surface area contributed by atoms with E-state index in [0.717, 1.165) is 18.9 Å². The molecule has 0 aliphatic heterocycles. The molecule has 1 aliphatic rings. The van der Waals surface area contributed by atoms with Gasteiger partial charge in [-0.1, -0.05) is 6.07 Å². The van der Waals surface area contributed by atoms with E-state index in [4.69, 9.17) is 11.6 Å². The van der Waals surface area contributed by atoms with E-state index in [1.54, 1.807) is 0 Å². The van der Waals surface area contributed by atoms with E-state index in [1.807, 2.05) is 0 Å². The maximum absolute atomic E-state index is 13.2. The predicted molar refractivity (Wildman–Crippen MR) is 68.5 cm³/mol. The van der Waals surface area contributed by atoms with E-state index in [-0.39, 0.29) is 10.8 Å². The zero-order valence-electron chi connectivity index (χ0n) is 10.1. The fourth-order valence-corrected chi connectivity index (χ4v) is 3.60. The van der Waals surface area contributed by atoms with Gasteiger partial charge in [-0.3, -0.25) is 0 Å². The lowest BCUT2D eigenvalue weighted by molar-refractivity contribution is 0.451. The van der Waals surface area contributed by atoms with Gasteiger partial charge in [-0.05, 0) is 36.5 Å². The Bertz CT molecular complexity index is 543. The summed E-state index contributed by atoms with van der Waals surface area (Å²) in [4.78, 5) is -0.0272. The van der Waals surface area contributed by atoms with Crippen LogP contribution in [-0.2, 0) is 15.9 Å². The third kappa shape index (κ3) is 2.84. The molecular weight excluding hydrogens is 277 g/mol. The van der Waals surface area contributed by atoms with Crippen LogP contribution in [0, 0.1) is 11.7 Å². The molecule has 0 saturated heterocycles. The largest absolute Gasteiger partial charge is 0.243 e. The van der Waals surface area contributed by atoms with Gasteiger partial charge in [0.25, 0.3) is 0 Å². The van der Waals surface area contributed by atoms with Crippen molar-refractivity contribution >= 4 is 21.6 Å². The first-order chi connectivity index (χ1) is 8.45. The van der Waals surface area contributed by atoms with Gasteiger partial charge in [0.2, 0.25) is 10.0 Å². The first-order valence-electron chi connectivity index (χ1n) is 5.76. The zero-order valence-corrected chi connectivity index (χ0v) is 11.6. The monoisotopic (exact) mass is 291 g/mol. The highest BCUT2D eigenvalue weighted by atomic mass is 35.5. The Morgan fingerprint density at radius 2 is 2.11 bits per heavy atom. The first kappa shape index (κ1) is 13.8. The second kappa shape index (κ2) is 5.15. The van der Waals surface area contributed by atoms with Crippen molar-refractivity contribution in [2.45, 2.75) is 23.6 Å². The number of nitrogens with zero attached hydrogens (tertiary/aromatic N) is 1. The summed E-state index contributed by atoms with van der Waals surface area (Å²) in [6.45, 7) is 0.487. The van der Waals surface area contributed by atoms with Gasteiger partial charge in [-0.2, -0.15) is 0 Å². The van der Waals surface area contributed by atoms with Gasteiger partial charge in [0, 0.05) is 19.5 Å². The predicted octanol–water partition coefficient (Wildman–Crippen LogP) is 2.60. The molecule has 6 heteroatoms. The number of hydrogen-bond acceptors (Lipinski definition) is 2. The molecule has 1 fully saturated rings. The van der Waals surface area contributed by atoms with Crippen LogP contribution in [0.5, 0.6) is 0 Å². The standard InChI is InChI=1S/C12H15ClFNO2S/c1-15(8-9-2-3-9)18(16,17)12-6-11(14)5-4-10(12)7-13/h4-6,9H,2-3,7-8H2,1H3. The van der Waals surface area contributed by atoms with Crippen LogP contribution in [0.25, 0.3) is 0 Å². The molecule has 0 aromatic heterocycles. The van der Waals surface area contributed by atoms with Crippen molar-refractivity contribution in [3.8, 4) is 0 Å². The second-order valence-corrected chi connectivity index (χ2v) is 6.90. The summed E-state index contributed by atoms with van der Waals surface area (Å²) in [5.41, 5.74) is 0.431. The van der Waals surface area contributed by atoms with E-state index in [9.17, 15) is 12.8 Å². The van der Waals surface area contributed by atoms with Crippen LogP contribution in [0.4, 0.5) is 4.39 Å². The van der Waals surface area contributed by atoms with Crippen LogP contribution in [0.3, 0.4) is 0 Å². The molecule has 0 bridgehead atoms. The molecule has 3 nitrogen and oxygen atoms in total. The maximum atomic E-state index is 13.2. The van der Waals surface area contributed by atoms with Crippen molar-refractivity contribution in [2.75, 3.05) is 13.6 Å². The van der Waals surface area contributed by atoms with Gasteiger partial charge in [-0.25, -0.2) is 17.1 Å². The van der Waals surface area contributed by atoms with Crippen LogP contribution in [0.1, 0.15) is 18.4 Å². The smallest absolute Gasteiger partial charge is 0.207 e. The topological polar surface area (TPSA) is 37.4 Å². The highest BCUT2D eigenvalue weighted by molar-refractivity contribution is 7.89. The number of hydrogen-bond donors (Lipinski definition) is 0. The highest BCUT2D eigenvalue weighted by Gasteiger charge is 2.30. The summed E-state index contributed by atoms with van der Waals surface area (Å²) in [7, 11) is -2.13. The Hall–Kier alpha value is -0.650. The average Bonchev–Trinajstić information content (AvgIpc) is 3.12. The Morgan fingerprint density at radius 3 is 2.67 bits per heavy atom. The van der Waals surface area contributed by atoms with Crippen LogP contribution >= 0.6 is 11.6 Å². The van der Waals surface area contributed by atoms with Crippen LogP contribution < -0.4 is 0 Å². The van der Waals surface area contributed by atoms with Crippen LogP contribution in [-0.4, -0.2) is 26.3 Å². The summed E-state index contributed by atoms with van der Waals surface area (Å²) in [5.74, 6) is -0.0772. The Kier molecular flexibility index (Phi) is 3.94. The molecule has 0 heterocycles. The number of halogens is 2. The Morgan fingerprint density at radius 1 is 1.44 bits per heavy atom. The van der Waals surface area contributed by atoms with Crippen molar-refractivity contribution < 1.29 is 12.8 Å². The van der Waals surface area contributed by atoms with Gasteiger partial charge < -0.3 is 0 Å². The normalized spacial score (nSPS) is 16.2. The minimum atomic E-state index is -3.65. The zero-order chi connectivity index (χ0) is 13.3. The summed E-state index contributed by atoms with van der Waals surface area (Å²) in [5, 5.41) is 0. The van der Waals surface area contributed by atoms with E-state index >= 15 is 0 Å². The average molecular weight is 292 g/mol. The van der Waals surface area contributed by atoms with Gasteiger partial charge in [0.1, 0.15) is 5.82 Å². The minimum Gasteiger partial charge on any atom is -0.207 e. The van der Waals surface area contributed by atoms with Crippen LogP contribution in [0.15, 0.2) is 23.1 Å². The molecule has 100 valence electrons.